The molecule has 0 radical (unpaired) electrons. The Morgan fingerprint density at radius 1 is 0.755 bits per heavy atom. The Morgan fingerprint density at radius 3 is 1.94 bits per heavy atom. The fraction of sp³-hybridized carbons (Fsp3) is 0.436. The zero-order valence-electron chi connectivity index (χ0n) is 29.5. The normalized spacial score (nSPS) is 18.5. The largest absolute Gasteiger partial charge is 0.444 e. The fourth-order valence-electron chi connectivity index (χ4n) is 7.06. The average Bonchev–Trinajstić information content (AvgIpc) is 3.84. The number of hydrogen-bond acceptors (Lipinski definition) is 6. The highest BCUT2D eigenvalue weighted by Gasteiger charge is 2.36. The van der Waals surface area contributed by atoms with Crippen molar-refractivity contribution in [1.82, 2.24) is 29.7 Å². The van der Waals surface area contributed by atoms with Crippen LogP contribution in [0.1, 0.15) is 96.5 Å². The number of H-pyrrole nitrogens is 2. The molecule has 2 saturated heterocycles. The van der Waals surface area contributed by atoms with Crippen LogP contribution in [0.3, 0.4) is 0 Å². The first kappa shape index (κ1) is 32.7. The standard InChI is InChI=1S/C39H46N6O4/c1-23-18-29-30(42-35(41-29)33-11-9-17-45(33)37(47)49-39(5,6)7)21-28(23)26-14-12-25-20-27(15-13-24(25)19-26)31-22-40-34(43-31)32-10-8-16-44(32)36(46)48-38(2,3)4/h12-15,18-22,32-33H,8-11,16-17H2,1-7H3,(H,40,43)(H,41,42)/t32-,33-/m0/s1. The number of carbonyl (C=O) groups is 2. The van der Waals surface area contributed by atoms with Crippen molar-refractivity contribution >= 4 is 34.0 Å². The van der Waals surface area contributed by atoms with E-state index in [1.807, 2.05) is 47.7 Å². The number of fused-ring (bicyclic) bond motifs is 2. The van der Waals surface area contributed by atoms with Gasteiger partial charge in [-0.25, -0.2) is 19.6 Å². The number of ether oxygens (including phenoxy) is 2. The van der Waals surface area contributed by atoms with Gasteiger partial charge in [-0.05, 0) is 126 Å². The summed E-state index contributed by atoms with van der Waals surface area (Å²) in [6.45, 7) is 14.8. The van der Waals surface area contributed by atoms with Crippen LogP contribution in [0.25, 0.3) is 44.2 Å². The number of rotatable bonds is 4. The third-order valence-electron chi connectivity index (χ3n) is 9.28. The Kier molecular flexibility index (Phi) is 8.16. The van der Waals surface area contributed by atoms with Gasteiger partial charge < -0.3 is 19.4 Å². The first-order valence-corrected chi connectivity index (χ1v) is 17.3. The number of aromatic amines is 2. The summed E-state index contributed by atoms with van der Waals surface area (Å²) in [6.07, 6.45) is 4.86. The lowest BCUT2D eigenvalue weighted by molar-refractivity contribution is 0.0208. The molecule has 256 valence electrons. The van der Waals surface area contributed by atoms with E-state index in [4.69, 9.17) is 19.4 Å². The van der Waals surface area contributed by atoms with E-state index in [0.29, 0.717) is 13.1 Å². The molecule has 2 atom stereocenters. The second-order valence-corrected chi connectivity index (χ2v) is 15.4. The van der Waals surface area contributed by atoms with Gasteiger partial charge in [0.05, 0.1) is 28.8 Å². The third kappa shape index (κ3) is 6.73. The molecule has 2 aliphatic heterocycles. The number of nitrogens with zero attached hydrogens (tertiary/aromatic N) is 4. The van der Waals surface area contributed by atoms with Crippen LogP contribution in [0.15, 0.2) is 54.7 Å². The van der Waals surface area contributed by atoms with E-state index < -0.39 is 11.2 Å². The van der Waals surface area contributed by atoms with E-state index >= 15 is 0 Å². The van der Waals surface area contributed by atoms with Crippen LogP contribution in [-0.2, 0) is 9.47 Å². The zero-order chi connectivity index (χ0) is 34.7. The molecule has 2 aromatic heterocycles. The molecule has 4 heterocycles. The topological polar surface area (TPSA) is 116 Å². The first-order chi connectivity index (χ1) is 23.2. The highest BCUT2D eigenvalue weighted by atomic mass is 16.6. The lowest BCUT2D eigenvalue weighted by Gasteiger charge is -2.27. The Balaban J connectivity index is 1.11. The molecule has 10 heteroatoms. The van der Waals surface area contributed by atoms with Crippen molar-refractivity contribution in [2.45, 2.75) is 97.4 Å². The monoisotopic (exact) mass is 662 g/mol. The molecule has 0 bridgehead atoms. The molecular formula is C39H46N6O4. The molecule has 7 rings (SSSR count). The van der Waals surface area contributed by atoms with Crippen LogP contribution in [0.4, 0.5) is 9.59 Å². The van der Waals surface area contributed by atoms with Crippen LogP contribution in [0.5, 0.6) is 0 Å². The number of hydrogen-bond donors (Lipinski definition) is 2. The third-order valence-corrected chi connectivity index (χ3v) is 9.28. The highest BCUT2D eigenvalue weighted by Crippen LogP contribution is 2.37. The molecule has 3 aromatic carbocycles. The van der Waals surface area contributed by atoms with Crippen molar-refractivity contribution < 1.29 is 19.1 Å². The number of aryl methyl sites for hydroxylation is 1. The molecule has 5 aromatic rings. The van der Waals surface area contributed by atoms with Crippen molar-refractivity contribution in [2.75, 3.05) is 13.1 Å². The maximum Gasteiger partial charge on any atom is 0.410 e. The lowest BCUT2D eigenvalue weighted by atomic mass is 9.96. The van der Waals surface area contributed by atoms with Gasteiger partial charge in [-0.15, -0.1) is 0 Å². The molecule has 2 aliphatic rings. The number of carbonyl (C=O) groups excluding carboxylic acids is 2. The van der Waals surface area contributed by atoms with Gasteiger partial charge in [-0.3, -0.25) is 9.80 Å². The predicted molar refractivity (Wildman–Crippen MR) is 191 cm³/mol. The molecule has 0 unspecified atom stereocenters. The van der Waals surface area contributed by atoms with Gasteiger partial charge in [0.2, 0.25) is 0 Å². The lowest BCUT2D eigenvalue weighted by Crippen LogP contribution is -2.36. The Morgan fingerprint density at radius 2 is 1.33 bits per heavy atom. The molecule has 10 nitrogen and oxygen atoms in total. The Hall–Kier alpha value is -4.86. The summed E-state index contributed by atoms with van der Waals surface area (Å²) in [5.74, 6) is 1.58. The molecule has 0 aliphatic carbocycles. The van der Waals surface area contributed by atoms with E-state index in [1.54, 1.807) is 9.80 Å². The van der Waals surface area contributed by atoms with Gasteiger partial charge in [0, 0.05) is 24.8 Å². The minimum Gasteiger partial charge on any atom is -0.444 e. The van der Waals surface area contributed by atoms with Gasteiger partial charge >= 0.3 is 12.2 Å². The van der Waals surface area contributed by atoms with Crippen molar-refractivity contribution in [1.29, 1.82) is 0 Å². The summed E-state index contributed by atoms with van der Waals surface area (Å²) in [7, 11) is 0. The average molecular weight is 663 g/mol. The van der Waals surface area contributed by atoms with Gasteiger partial charge in [-0.1, -0.05) is 24.3 Å². The maximum absolute atomic E-state index is 12.9. The van der Waals surface area contributed by atoms with Crippen LogP contribution in [-0.4, -0.2) is 66.2 Å². The number of amides is 2. The molecule has 0 saturated carbocycles. The summed E-state index contributed by atoms with van der Waals surface area (Å²) >= 11 is 0. The minimum absolute atomic E-state index is 0.125. The minimum atomic E-state index is -0.546. The number of aromatic nitrogens is 4. The Labute approximate surface area is 287 Å². The highest BCUT2D eigenvalue weighted by molar-refractivity contribution is 5.92. The second kappa shape index (κ2) is 12.2. The van der Waals surface area contributed by atoms with Crippen molar-refractivity contribution in [3.05, 3.63) is 71.9 Å². The maximum atomic E-state index is 12.9. The molecule has 2 amide bonds. The van der Waals surface area contributed by atoms with Gasteiger partial charge in [-0.2, -0.15) is 0 Å². The number of likely N-dealkylation sites (tertiary alicyclic amines) is 2. The SMILES string of the molecule is Cc1cc2[nH]c([C@@H]3CCCN3C(=O)OC(C)(C)C)nc2cc1-c1ccc2cc(-c3c[nH]c([C@@H]4CCCN4C(=O)OC(C)(C)C)n3)ccc2c1. The molecule has 2 fully saturated rings. The van der Waals surface area contributed by atoms with E-state index in [0.717, 1.165) is 87.1 Å². The van der Waals surface area contributed by atoms with Gasteiger partial charge in [0.1, 0.15) is 22.9 Å². The van der Waals surface area contributed by atoms with Gasteiger partial charge in [0.25, 0.3) is 0 Å². The molecule has 2 N–H and O–H groups in total. The van der Waals surface area contributed by atoms with Crippen LogP contribution >= 0.6 is 0 Å². The summed E-state index contributed by atoms with van der Waals surface area (Å²) in [5, 5.41) is 2.25. The quantitative estimate of drug-likeness (QED) is 0.198. The number of benzene rings is 3. The number of nitrogens with one attached hydrogen (secondary N) is 2. The van der Waals surface area contributed by atoms with Gasteiger partial charge in [0.15, 0.2) is 0 Å². The van der Waals surface area contributed by atoms with Crippen molar-refractivity contribution in [2.24, 2.45) is 0 Å². The smallest absolute Gasteiger partial charge is 0.410 e. The van der Waals surface area contributed by atoms with Crippen LogP contribution in [0.2, 0.25) is 0 Å². The van der Waals surface area contributed by atoms with Crippen molar-refractivity contribution in [3.63, 3.8) is 0 Å². The first-order valence-electron chi connectivity index (χ1n) is 17.3. The van der Waals surface area contributed by atoms with E-state index in [2.05, 4.69) is 65.4 Å². The Bertz CT molecular complexity index is 2050. The summed E-state index contributed by atoms with van der Waals surface area (Å²) in [6, 6.07) is 16.9. The van der Waals surface area contributed by atoms with E-state index in [9.17, 15) is 9.59 Å². The zero-order valence-corrected chi connectivity index (χ0v) is 29.5. The molecule has 0 spiro atoms. The second-order valence-electron chi connectivity index (χ2n) is 15.4. The van der Waals surface area contributed by atoms with E-state index in [1.165, 1.54) is 0 Å². The van der Waals surface area contributed by atoms with Crippen molar-refractivity contribution in [3.8, 4) is 22.4 Å². The predicted octanol–water partition coefficient (Wildman–Crippen LogP) is 9.23. The van der Waals surface area contributed by atoms with Crippen LogP contribution < -0.4 is 0 Å². The summed E-state index contributed by atoms with van der Waals surface area (Å²) in [4.78, 5) is 46.1. The number of imidazole rings is 2. The summed E-state index contributed by atoms with van der Waals surface area (Å²) < 4.78 is 11.3. The molecule has 49 heavy (non-hydrogen) atoms. The fourth-order valence-corrected chi connectivity index (χ4v) is 7.06. The summed E-state index contributed by atoms with van der Waals surface area (Å²) in [5.41, 5.74) is 5.99. The van der Waals surface area contributed by atoms with Crippen LogP contribution in [0, 0.1) is 6.92 Å². The van der Waals surface area contributed by atoms with E-state index in [-0.39, 0.29) is 24.3 Å². The molecular weight excluding hydrogens is 616 g/mol.